The molecule has 1 N–H and O–H groups in total. The summed E-state index contributed by atoms with van der Waals surface area (Å²) in [6.07, 6.45) is 0. The van der Waals surface area contributed by atoms with Crippen LogP contribution in [0, 0.1) is 13.8 Å². The number of aromatic nitrogens is 3. The summed E-state index contributed by atoms with van der Waals surface area (Å²) in [7, 11) is 0. The standard InChI is InChI=1S/C10H9N3O2S/c1-5-8(10(14)15)6(2)13-9(12-5)7-3-16-4-11-7/h3-4H,1-2H3,(H,14,15). The van der Waals surface area contributed by atoms with Gasteiger partial charge in [-0.3, -0.25) is 0 Å². The Bertz CT molecular complexity index is 514. The van der Waals surface area contributed by atoms with Crippen LogP contribution in [0.3, 0.4) is 0 Å². The second-order valence-electron chi connectivity index (χ2n) is 3.27. The number of carboxylic acids is 1. The van der Waals surface area contributed by atoms with Crippen molar-refractivity contribution >= 4 is 17.3 Å². The Labute approximate surface area is 95.8 Å². The van der Waals surface area contributed by atoms with E-state index in [1.807, 2.05) is 5.38 Å². The van der Waals surface area contributed by atoms with Gasteiger partial charge in [0.25, 0.3) is 0 Å². The highest BCUT2D eigenvalue weighted by Gasteiger charge is 2.15. The van der Waals surface area contributed by atoms with E-state index in [0.29, 0.717) is 22.9 Å². The molecule has 6 heteroatoms. The monoisotopic (exact) mass is 235 g/mol. The first-order valence-corrected chi connectivity index (χ1v) is 5.51. The quantitative estimate of drug-likeness (QED) is 0.860. The van der Waals surface area contributed by atoms with E-state index in [1.54, 1.807) is 19.4 Å². The molecule has 0 fully saturated rings. The highest BCUT2D eigenvalue weighted by atomic mass is 32.1. The molecule has 0 atom stereocenters. The number of carbonyl (C=O) groups is 1. The maximum absolute atomic E-state index is 10.9. The predicted molar refractivity (Wildman–Crippen MR) is 59.6 cm³/mol. The summed E-state index contributed by atoms with van der Waals surface area (Å²) < 4.78 is 0. The van der Waals surface area contributed by atoms with Crippen LogP contribution in [0.5, 0.6) is 0 Å². The van der Waals surface area contributed by atoms with Crippen molar-refractivity contribution in [1.29, 1.82) is 0 Å². The van der Waals surface area contributed by atoms with Crippen LogP contribution in [-0.2, 0) is 0 Å². The van der Waals surface area contributed by atoms with Crippen molar-refractivity contribution in [3.63, 3.8) is 0 Å². The van der Waals surface area contributed by atoms with E-state index in [4.69, 9.17) is 5.11 Å². The molecule has 0 saturated heterocycles. The van der Waals surface area contributed by atoms with E-state index >= 15 is 0 Å². The molecular formula is C10H9N3O2S. The van der Waals surface area contributed by atoms with Gasteiger partial charge in [-0.1, -0.05) is 0 Å². The lowest BCUT2D eigenvalue weighted by Gasteiger charge is -2.05. The molecule has 0 radical (unpaired) electrons. The Morgan fingerprint density at radius 1 is 1.31 bits per heavy atom. The summed E-state index contributed by atoms with van der Waals surface area (Å²) >= 11 is 1.45. The van der Waals surface area contributed by atoms with Crippen LogP contribution in [-0.4, -0.2) is 26.0 Å². The smallest absolute Gasteiger partial charge is 0.339 e. The average Bonchev–Trinajstić information content (AvgIpc) is 2.67. The average molecular weight is 235 g/mol. The molecule has 0 aliphatic carbocycles. The molecular weight excluding hydrogens is 226 g/mol. The van der Waals surface area contributed by atoms with Gasteiger partial charge in [-0.15, -0.1) is 11.3 Å². The minimum absolute atomic E-state index is 0.166. The van der Waals surface area contributed by atoms with E-state index in [1.165, 1.54) is 11.3 Å². The van der Waals surface area contributed by atoms with Gasteiger partial charge in [0, 0.05) is 5.38 Å². The molecule has 2 heterocycles. The summed E-state index contributed by atoms with van der Waals surface area (Å²) in [5.74, 6) is -0.527. The van der Waals surface area contributed by atoms with Crippen molar-refractivity contribution in [2.45, 2.75) is 13.8 Å². The molecule has 0 amide bonds. The Hall–Kier alpha value is -1.82. The molecule has 82 valence electrons. The van der Waals surface area contributed by atoms with E-state index in [-0.39, 0.29) is 5.56 Å². The Morgan fingerprint density at radius 3 is 2.38 bits per heavy atom. The van der Waals surface area contributed by atoms with E-state index < -0.39 is 5.97 Å². The zero-order valence-electron chi connectivity index (χ0n) is 8.76. The van der Waals surface area contributed by atoms with Crippen LogP contribution in [0.4, 0.5) is 0 Å². The van der Waals surface area contributed by atoms with Gasteiger partial charge in [0.2, 0.25) is 0 Å². The zero-order valence-corrected chi connectivity index (χ0v) is 9.58. The third-order valence-electron chi connectivity index (χ3n) is 2.15. The summed E-state index contributed by atoms with van der Waals surface area (Å²) in [5, 5.41) is 10.8. The van der Waals surface area contributed by atoms with Gasteiger partial charge in [-0.25, -0.2) is 19.7 Å². The third kappa shape index (κ3) is 1.79. The number of thiazole rings is 1. The fraction of sp³-hybridized carbons (Fsp3) is 0.200. The lowest BCUT2D eigenvalue weighted by atomic mass is 10.1. The SMILES string of the molecule is Cc1nc(-c2cscn2)nc(C)c1C(=O)O. The van der Waals surface area contributed by atoms with Crippen molar-refractivity contribution in [3.8, 4) is 11.5 Å². The molecule has 5 nitrogen and oxygen atoms in total. The Morgan fingerprint density at radius 2 is 1.94 bits per heavy atom. The number of hydrogen-bond acceptors (Lipinski definition) is 5. The first-order chi connectivity index (χ1) is 7.59. The van der Waals surface area contributed by atoms with Gasteiger partial charge < -0.3 is 5.11 Å². The van der Waals surface area contributed by atoms with Crippen LogP contribution in [0.25, 0.3) is 11.5 Å². The molecule has 0 aliphatic rings. The maximum atomic E-state index is 10.9. The first-order valence-electron chi connectivity index (χ1n) is 4.56. The number of nitrogens with zero attached hydrogens (tertiary/aromatic N) is 3. The summed E-state index contributed by atoms with van der Waals surface area (Å²) in [6, 6.07) is 0. The lowest BCUT2D eigenvalue weighted by molar-refractivity contribution is 0.0694. The van der Waals surface area contributed by atoms with E-state index in [0.717, 1.165) is 0 Å². The molecule has 2 aromatic rings. The minimum Gasteiger partial charge on any atom is -0.478 e. The molecule has 0 unspecified atom stereocenters. The van der Waals surface area contributed by atoms with Crippen molar-refractivity contribution in [2.24, 2.45) is 0 Å². The fourth-order valence-corrected chi connectivity index (χ4v) is 1.99. The molecule has 0 saturated carbocycles. The first kappa shape index (κ1) is 10.7. The van der Waals surface area contributed by atoms with Crippen LogP contribution in [0.15, 0.2) is 10.9 Å². The molecule has 0 aromatic carbocycles. The molecule has 16 heavy (non-hydrogen) atoms. The van der Waals surface area contributed by atoms with E-state index in [2.05, 4.69) is 15.0 Å². The summed E-state index contributed by atoms with van der Waals surface area (Å²) in [6.45, 7) is 3.32. The molecule has 2 aromatic heterocycles. The topological polar surface area (TPSA) is 76.0 Å². The van der Waals surface area contributed by atoms with Gasteiger partial charge in [-0.05, 0) is 13.8 Å². The van der Waals surface area contributed by atoms with Crippen LogP contribution < -0.4 is 0 Å². The van der Waals surface area contributed by atoms with Crippen LogP contribution >= 0.6 is 11.3 Å². The van der Waals surface area contributed by atoms with Crippen molar-refractivity contribution in [1.82, 2.24) is 15.0 Å². The Balaban J connectivity index is 2.58. The van der Waals surface area contributed by atoms with Crippen LogP contribution in [0.1, 0.15) is 21.7 Å². The maximum Gasteiger partial charge on any atom is 0.339 e. The second-order valence-corrected chi connectivity index (χ2v) is 3.99. The van der Waals surface area contributed by atoms with Crippen molar-refractivity contribution in [3.05, 3.63) is 27.8 Å². The lowest BCUT2D eigenvalue weighted by Crippen LogP contribution is -2.08. The zero-order chi connectivity index (χ0) is 11.7. The Kier molecular flexibility index (Phi) is 2.66. The largest absolute Gasteiger partial charge is 0.478 e. The highest BCUT2D eigenvalue weighted by molar-refractivity contribution is 7.07. The van der Waals surface area contributed by atoms with Gasteiger partial charge in [0.05, 0.1) is 16.9 Å². The van der Waals surface area contributed by atoms with Crippen LogP contribution in [0.2, 0.25) is 0 Å². The molecule has 0 bridgehead atoms. The third-order valence-corrected chi connectivity index (χ3v) is 2.73. The molecule has 0 aliphatic heterocycles. The van der Waals surface area contributed by atoms with Gasteiger partial charge in [0.15, 0.2) is 5.82 Å². The summed E-state index contributed by atoms with van der Waals surface area (Å²) in [4.78, 5) is 23.3. The van der Waals surface area contributed by atoms with Gasteiger partial charge in [0.1, 0.15) is 11.3 Å². The molecule has 2 rings (SSSR count). The number of hydrogen-bond donors (Lipinski definition) is 1. The number of carboxylic acid groups (broad SMARTS) is 1. The van der Waals surface area contributed by atoms with Gasteiger partial charge in [-0.2, -0.15) is 0 Å². The number of rotatable bonds is 2. The minimum atomic E-state index is -1.00. The normalized spacial score (nSPS) is 10.4. The van der Waals surface area contributed by atoms with Crippen molar-refractivity contribution < 1.29 is 9.90 Å². The molecule has 0 spiro atoms. The van der Waals surface area contributed by atoms with Gasteiger partial charge >= 0.3 is 5.97 Å². The van der Waals surface area contributed by atoms with Crippen molar-refractivity contribution in [2.75, 3.05) is 0 Å². The fourth-order valence-electron chi connectivity index (χ4n) is 1.46. The number of aromatic carboxylic acids is 1. The highest BCUT2D eigenvalue weighted by Crippen LogP contribution is 2.18. The van der Waals surface area contributed by atoms with E-state index in [9.17, 15) is 4.79 Å². The number of aryl methyl sites for hydroxylation is 2. The summed E-state index contributed by atoms with van der Waals surface area (Å²) in [5.41, 5.74) is 3.45. The second kappa shape index (κ2) is 3.97. The predicted octanol–water partition coefficient (Wildman–Crippen LogP) is 1.92.